The van der Waals surface area contributed by atoms with Crippen molar-refractivity contribution in [1.82, 2.24) is 0 Å². The number of benzene rings is 1. The van der Waals surface area contributed by atoms with Gasteiger partial charge in [-0.25, -0.2) is 0 Å². The molecule has 17 heavy (non-hydrogen) atoms. The van der Waals surface area contributed by atoms with E-state index in [0.717, 1.165) is 0 Å². The van der Waals surface area contributed by atoms with Crippen LogP contribution < -0.4 is 4.90 Å². The highest BCUT2D eigenvalue weighted by Crippen LogP contribution is 2.40. The molecule has 0 saturated carbocycles. The molecule has 0 bridgehead atoms. The summed E-state index contributed by atoms with van der Waals surface area (Å²) in [5.41, 5.74) is 0.563. The monoisotopic (exact) mass is 239 g/mol. The van der Waals surface area contributed by atoms with Crippen LogP contribution in [-0.2, 0) is 0 Å². The van der Waals surface area contributed by atoms with E-state index < -0.39 is 9.85 Å². The first-order valence-electron chi connectivity index (χ1n) is 4.87. The first-order chi connectivity index (χ1) is 7.77. The quantitative estimate of drug-likeness (QED) is 0.595. The van der Waals surface area contributed by atoms with Gasteiger partial charge in [0.05, 0.1) is 9.85 Å². The van der Waals surface area contributed by atoms with Gasteiger partial charge in [0, 0.05) is 25.7 Å². The molecular weight excluding hydrogens is 226 g/mol. The number of anilines is 1. The zero-order valence-electron chi connectivity index (χ0n) is 10.1. The fourth-order valence-electron chi connectivity index (χ4n) is 1.67. The van der Waals surface area contributed by atoms with Crippen LogP contribution in [0.3, 0.4) is 0 Å². The molecule has 7 heteroatoms. The molecule has 1 aromatic rings. The summed E-state index contributed by atoms with van der Waals surface area (Å²) < 4.78 is 0. The van der Waals surface area contributed by atoms with Crippen LogP contribution in [0.4, 0.5) is 17.1 Å². The molecule has 0 aliphatic heterocycles. The van der Waals surface area contributed by atoms with Gasteiger partial charge in [-0.15, -0.1) is 0 Å². The molecule has 0 spiro atoms. The van der Waals surface area contributed by atoms with Gasteiger partial charge in [0.1, 0.15) is 0 Å². The highest BCUT2D eigenvalue weighted by atomic mass is 16.6. The van der Waals surface area contributed by atoms with Gasteiger partial charge in [-0.2, -0.15) is 0 Å². The number of hydrogen-bond donors (Lipinski definition) is 0. The predicted molar refractivity (Wildman–Crippen MR) is 63.6 cm³/mol. The van der Waals surface area contributed by atoms with Crippen LogP contribution in [0.5, 0.6) is 0 Å². The summed E-state index contributed by atoms with van der Waals surface area (Å²) >= 11 is 0. The van der Waals surface area contributed by atoms with Gasteiger partial charge in [-0.05, 0) is 19.4 Å². The fourth-order valence-corrected chi connectivity index (χ4v) is 1.67. The molecule has 0 heterocycles. The predicted octanol–water partition coefficient (Wildman–Crippen LogP) is 2.19. The molecule has 0 unspecified atom stereocenters. The van der Waals surface area contributed by atoms with Crippen molar-refractivity contribution in [1.29, 1.82) is 0 Å². The van der Waals surface area contributed by atoms with Gasteiger partial charge in [0.2, 0.25) is 0 Å². The summed E-state index contributed by atoms with van der Waals surface area (Å²) in [4.78, 5) is 22.2. The smallest absolute Gasteiger partial charge is 0.302 e. The molecule has 92 valence electrons. The largest absolute Gasteiger partial charge is 0.366 e. The van der Waals surface area contributed by atoms with Crippen LogP contribution >= 0.6 is 0 Å². The standard InChI is InChI=1S/C10H13N3O4/c1-6-5-8(12(14)15)10(11(3)4)9(7(6)2)13(16)17/h5H,1-4H3. The molecule has 0 atom stereocenters. The van der Waals surface area contributed by atoms with E-state index in [1.54, 1.807) is 27.9 Å². The molecule has 0 N–H and O–H groups in total. The Labute approximate surface area is 98.0 Å². The second-order valence-electron chi connectivity index (χ2n) is 3.94. The Kier molecular flexibility index (Phi) is 3.31. The summed E-state index contributed by atoms with van der Waals surface area (Å²) in [5.74, 6) is 0. The molecule has 0 aromatic heterocycles. The van der Waals surface area contributed by atoms with Crippen molar-refractivity contribution in [3.8, 4) is 0 Å². The number of rotatable bonds is 3. The maximum absolute atomic E-state index is 11.0. The SMILES string of the molecule is Cc1cc([N+](=O)[O-])c(N(C)C)c([N+](=O)[O-])c1C. The summed E-state index contributed by atoms with van der Waals surface area (Å²) in [6, 6.07) is 1.36. The van der Waals surface area contributed by atoms with Crippen molar-refractivity contribution in [2.45, 2.75) is 13.8 Å². The molecule has 0 saturated heterocycles. The minimum atomic E-state index is -0.602. The molecule has 7 nitrogen and oxygen atoms in total. The van der Waals surface area contributed by atoms with Crippen molar-refractivity contribution < 1.29 is 9.85 Å². The lowest BCUT2D eigenvalue weighted by Gasteiger charge is -2.15. The molecule has 0 fully saturated rings. The van der Waals surface area contributed by atoms with E-state index in [9.17, 15) is 20.2 Å². The lowest BCUT2D eigenvalue weighted by atomic mass is 10.0. The zero-order chi connectivity index (χ0) is 13.3. The van der Waals surface area contributed by atoms with E-state index in [4.69, 9.17) is 0 Å². The average molecular weight is 239 g/mol. The van der Waals surface area contributed by atoms with Gasteiger partial charge < -0.3 is 4.90 Å². The van der Waals surface area contributed by atoms with E-state index >= 15 is 0 Å². The third-order valence-electron chi connectivity index (χ3n) is 2.59. The van der Waals surface area contributed by atoms with Crippen LogP contribution in [-0.4, -0.2) is 23.9 Å². The number of hydrogen-bond acceptors (Lipinski definition) is 5. The van der Waals surface area contributed by atoms with E-state index in [-0.39, 0.29) is 17.1 Å². The van der Waals surface area contributed by atoms with E-state index in [0.29, 0.717) is 11.1 Å². The first-order valence-corrected chi connectivity index (χ1v) is 4.87. The van der Waals surface area contributed by atoms with Crippen LogP contribution in [0.25, 0.3) is 0 Å². The highest BCUT2D eigenvalue weighted by Gasteiger charge is 2.30. The number of aryl methyl sites for hydroxylation is 1. The van der Waals surface area contributed by atoms with Crippen LogP contribution in [0, 0.1) is 34.1 Å². The number of nitrogens with zero attached hydrogens (tertiary/aromatic N) is 3. The normalized spacial score (nSPS) is 10.1. The van der Waals surface area contributed by atoms with Crippen LogP contribution in [0.1, 0.15) is 11.1 Å². The third kappa shape index (κ3) is 2.17. The van der Waals surface area contributed by atoms with Gasteiger partial charge >= 0.3 is 5.69 Å². The topological polar surface area (TPSA) is 89.5 Å². The van der Waals surface area contributed by atoms with Gasteiger partial charge in [0.15, 0.2) is 5.69 Å². The fraction of sp³-hybridized carbons (Fsp3) is 0.400. The van der Waals surface area contributed by atoms with Crippen molar-refractivity contribution in [2.24, 2.45) is 0 Å². The highest BCUT2D eigenvalue weighted by molar-refractivity contribution is 5.78. The molecular formula is C10H13N3O4. The van der Waals surface area contributed by atoms with Crippen LogP contribution in [0.15, 0.2) is 6.07 Å². The molecule has 1 rings (SSSR count). The molecule has 0 amide bonds. The Bertz CT molecular complexity index is 497. The second-order valence-corrected chi connectivity index (χ2v) is 3.94. The minimum Gasteiger partial charge on any atom is -0.366 e. The molecule has 1 aromatic carbocycles. The van der Waals surface area contributed by atoms with Crippen molar-refractivity contribution >= 4 is 17.1 Å². The molecule has 0 aliphatic carbocycles. The summed E-state index contributed by atoms with van der Waals surface area (Å²) in [5, 5.41) is 22.0. The van der Waals surface area contributed by atoms with E-state index in [2.05, 4.69) is 0 Å². The number of nitro benzene ring substituents is 2. The van der Waals surface area contributed by atoms with E-state index in [1.807, 2.05) is 0 Å². The minimum absolute atomic E-state index is 0.0306. The molecule has 0 aliphatic rings. The summed E-state index contributed by atoms with van der Waals surface area (Å²) in [6.45, 7) is 3.21. The Morgan fingerprint density at radius 1 is 1.12 bits per heavy atom. The Hall–Kier alpha value is -2.18. The summed E-state index contributed by atoms with van der Waals surface area (Å²) in [6.07, 6.45) is 0. The van der Waals surface area contributed by atoms with Crippen molar-refractivity contribution in [2.75, 3.05) is 19.0 Å². The maximum atomic E-state index is 11.0. The molecule has 0 radical (unpaired) electrons. The second kappa shape index (κ2) is 4.36. The summed E-state index contributed by atoms with van der Waals surface area (Å²) in [7, 11) is 3.09. The Balaban J connectivity index is 3.76. The average Bonchev–Trinajstić information content (AvgIpc) is 2.19. The zero-order valence-corrected chi connectivity index (χ0v) is 10.1. The van der Waals surface area contributed by atoms with Gasteiger partial charge in [-0.3, -0.25) is 20.2 Å². The van der Waals surface area contributed by atoms with E-state index in [1.165, 1.54) is 11.0 Å². The number of nitro groups is 2. The van der Waals surface area contributed by atoms with Crippen molar-refractivity contribution in [3.05, 3.63) is 37.4 Å². The lowest BCUT2D eigenvalue weighted by molar-refractivity contribution is -0.393. The van der Waals surface area contributed by atoms with Gasteiger partial charge in [-0.1, -0.05) is 0 Å². The van der Waals surface area contributed by atoms with Crippen molar-refractivity contribution in [3.63, 3.8) is 0 Å². The lowest BCUT2D eigenvalue weighted by Crippen LogP contribution is -2.14. The Morgan fingerprint density at radius 3 is 2.00 bits per heavy atom. The third-order valence-corrected chi connectivity index (χ3v) is 2.59. The Morgan fingerprint density at radius 2 is 1.65 bits per heavy atom. The van der Waals surface area contributed by atoms with Crippen LogP contribution in [0.2, 0.25) is 0 Å². The van der Waals surface area contributed by atoms with Gasteiger partial charge in [0.25, 0.3) is 5.69 Å². The maximum Gasteiger partial charge on any atom is 0.302 e. The first kappa shape index (κ1) is 12.9.